The molecule has 1 amide bonds. The Labute approximate surface area is 128 Å². The maximum absolute atomic E-state index is 12.1. The van der Waals surface area contributed by atoms with E-state index in [2.05, 4.69) is 15.6 Å². The number of carboxylic acids is 1. The Morgan fingerprint density at radius 3 is 2.55 bits per heavy atom. The number of hydrogen-bond acceptors (Lipinski definition) is 4. The third-order valence-corrected chi connectivity index (χ3v) is 3.29. The Morgan fingerprint density at radius 2 is 2.00 bits per heavy atom. The Kier molecular flexibility index (Phi) is 4.88. The zero-order valence-electron chi connectivity index (χ0n) is 12.5. The van der Waals surface area contributed by atoms with Crippen LogP contribution in [0.15, 0.2) is 30.5 Å². The number of nitrogens with zero attached hydrogens (tertiary/aromatic N) is 3. The van der Waals surface area contributed by atoms with E-state index < -0.39 is 5.97 Å². The first-order valence-electron chi connectivity index (χ1n) is 6.99. The molecule has 1 aromatic carbocycles. The van der Waals surface area contributed by atoms with Gasteiger partial charge in [0, 0.05) is 0 Å². The van der Waals surface area contributed by atoms with Crippen LogP contribution in [0.5, 0.6) is 0 Å². The van der Waals surface area contributed by atoms with Gasteiger partial charge >= 0.3 is 5.97 Å². The topological polar surface area (TPSA) is 97.1 Å². The number of carbonyl (C=O) groups excluding carboxylic acids is 1. The Balaban J connectivity index is 1.99. The summed E-state index contributed by atoms with van der Waals surface area (Å²) in [5, 5.41) is 18.8. The molecule has 0 spiro atoms. The van der Waals surface area contributed by atoms with Gasteiger partial charge in [-0.1, -0.05) is 42.0 Å². The van der Waals surface area contributed by atoms with Crippen LogP contribution in [0, 0.1) is 6.92 Å². The summed E-state index contributed by atoms with van der Waals surface area (Å²) in [7, 11) is 0. The molecule has 0 aliphatic heterocycles. The third-order valence-electron chi connectivity index (χ3n) is 3.29. The summed E-state index contributed by atoms with van der Waals surface area (Å²) >= 11 is 0. The molecule has 22 heavy (non-hydrogen) atoms. The maximum atomic E-state index is 12.1. The summed E-state index contributed by atoms with van der Waals surface area (Å²) < 4.78 is 1.21. The molecule has 0 saturated heterocycles. The lowest BCUT2D eigenvalue weighted by atomic mass is 10.0. The molecule has 2 N–H and O–H groups in total. The first-order valence-corrected chi connectivity index (χ1v) is 6.99. The van der Waals surface area contributed by atoms with Crippen LogP contribution in [-0.4, -0.2) is 32.0 Å². The molecule has 1 atom stereocenters. The van der Waals surface area contributed by atoms with Gasteiger partial charge in [0.2, 0.25) is 5.91 Å². The van der Waals surface area contributed by atoms with Crippen molar-refractivity contribution in [2.45, 2.75) is 32.9 Å². The second-order valence-corrected chi connectivity index (χ2v) is 5.05. The summed E-state index contributed by atoms with van der Waals surface area (Å²) in [4.78, 5) is 22.8. The Bertz CT molecular complexity index is 664. The fourth-order valence-corrected chi connectivity index (χ4v) is 2.08. The molecule has 1 aromatic heterocycles. The monoisotopic (exact) mass is 302 g/mol. The Morgan fingerprint density at radius 1 is 1.32 bits per heavy atom. The molecule has 2 aromatic rings. The standard InChI is InChI=1S/C15H18N4O3/c1-3-12(11-6-4-10(2)5-7-11)16-14(20)9-19-8-13(15(21)22)17-18-19/h4-8,12H,3,9H2,1-2H3,(H,16,20)(H,21,22). The van der Waals surface area contributed by atoms with Crippen molar-refractivity contribution in [3.05, 3.63) is 47.3 Å². The van der Waals surface area contributed by atoms with Gasteiger partial charge in [0.15, 0.2) is 5.69 Å². The molecule has 0 aliphatic rings. The van der Waals surface area contributed by atoms with E-state index in [4.69, 9.17) is 5.11 Å². The molecular weight excluding hydrogens is 284 g/mol. The predicted octanol–water partition coefficient (Wildman–Crippen LogP) is 1.55. The van der Waals surface area contributed by atoms with E-state index in [0.717, 1.165) is 17.5 Å². The van der Waals surface area contributed by atoms with Crippen LogP contribution < -0.4 is 5.32 Å². The minimum Gasteiger partial charge on any atom is -0.476 e. The van der Waals surface area contributed by atoms with Crippen molar-refractivity contribution in [2.75, 3.05) is 0 Å². The van der Waals surface area contributed by atoms with Crippen LogP contribution in [0.3, 0.4) is 0 Å². The van der Waals surface area contributed by atoms with Crippen molar-refractivity contribution >= 4 is 11.9 Å². The fourth-order valence-electron chi connectivity index (χ4n) is 2.08. The van der Waals surface area contributed by atoms with Gasteiger partial charge < -0.3 is 10.4 Å². The van der Waals surface area contributed by atoms with E-state index in [1.54, 1.807) is 0 Å². The molecule has 0 fully saturated rings. The summed E-state index contributed by atoms with van der Waals surface area (Å²) in [6.07, 6.45) is 1.99. The van der Waals surface area contributed by atoms with Crippen LogP contribution in [0.25, 0.3) is 0 Å². The fraction of sp³-hybridized carbons (Fsp3) is 0.333. The van der Waals surface area contributed by atoms with Crippen LogP contribution in [-0.2, 0) is 11.3 Å². The highest BCUT2D eigenvalue weighted by molar-refractivity contribution is 5.84. The lowest BCUT2D eigenvalue weighted by Crippen LogP contribution is -2.31. The van der Waals surface area contributed by atoms with Gasteiger partial charge in [-0.15, -0.1) is 5.10 Å². The van der Waals surface area contributed by atoms with Crippen molar-refractivity contribution in [2.24, 2.45) is 0 Å². The minimum atomic E-state index is -1.17. The van der Waals surface area contributed by atoms with Crippen LogP contribution in [0.4, 0.5) is 0 Å². The summed E-state index contributed by atoms with van der Waals surface area (Å²) in [6, 6.07) is 7.89. The lowest BCUT2D eigenvalue weighted by Gasteiger charge is -2.17. The van der Waals surface area contributed by atoms with Gasteiger partial charge in [-0.2, -0.15) is 0 Å². The molecule has 0 radical (unpaired) electrons. The molecule has 1 unspecified atom stereocenters. The van der Waals surface area contributed by atoms with E-state index in [1.807, 2.05) is 38.1 Å². The van der Waals surface area contributed by atoms with E-state index in [0.29, 0.717) is 0 Å². The van der Waals surface area contributed by atoms with Gasteiger partial charge in [0.25, 0.3) is 0 Å². The number of rotatable bonds is 6. The van der Waals surface area contributed by atoms with Crippen molar-refractivity contribution in [3.8, 4) is 0 Å². The van der Waals surface area contributed by atoms with E-state index in [9.17, 15) is 9.59 Å². The quantitative estimate of drug-likeness (QED) is 0.844. The first-order chi connectivity index (χ1) is 10.5. The zero-order chi connectivity index (χ0) is 16.1. The number of hydrogen-bond donors (Lipinski definition) is 2. The SMILES string of the molecule is CCC(NC(=O)Cn1cc(C(=O)O)nn1)c1ccc(C)cc1. The van der Waals surface area contributed by atoms with Crippen molar-refractivity contribution in [3.63, 3.8) is 0 Å². The van der Waals surface area contributed by atoms with Gasteiger partial charge in [0.1, 0.15) is 6.54 Å². The zero-order valence-corrected chi connectivity index (χ0v) is 12.5. The normalized spacial score (nSPS) is 11.9. The minimum absolute atomic E-state index is 0.0668. The van der Waals surface area contributed by atoms with Gasteiger partial charge in [-0.3, -0.25) is 4.79 Å². The number of carbonyl (C=O) groups is 2. The number of benzene rings is 1. The summed E-state index contributed by atoms with van der Waals surface area (Å²) in [5.41, 5.74) is 2.01. The highest BCUT2D eigenvalue weighted by Crippen LogP contribution is 2.17. The second-order valence-electron chi connectivity index (χ2n) is 5.05. The van der Waals surface area contributed by atoms with Crippen LogP contribution in [0.2, 0.25) is 0 Å². The van der Waals surface area contributed by atoms with E-state index >= 15 is 0 Å². The maximum Gasteiger partial charge on any atom is 0.358 e. The van der Waals surface area contributed by atoms with Crippen molar-refractivity contribution in [1.29, 1.82) is 0 Å². The van der Waals surface area contributed by atoms with E-state index in [-0.39, 0.29) is 24.2 Å². The van der Waals surface area contributed by atoms with E-state index in [1.165, 1.54) is 10.9 Å². The van der Waals surface area contributed by atoms with Gasteiger partial charge in [-0.25, -0.2) is 9.48 Å². The molecule has 2 rings (SSSR count). The molecule has 0 saturated carbocycles. The molecule has 1 heterocycles. The lowest BCUT2D eigenvalue weighted by molar-refractivity contribution is -0.122. The number of nitrogens with one attached hydrogen (secondary N) is 1. The van der Waals surface area contributed by atoms with Crippen LogP contribution >= 0.6 is 0 Å². The summed E-state index contributed by atoms with van der Waals surface area (Å²) in [6.45, 7) is 3.93. The van der Waals surface area contributed by atoms with Crippen molar-refractivity contribution < 1.29 is 14.7 Å². The third kappa shape index (κ3) is 3.91. The molecule has 0 aliphatic carbocycles. The summed E-state index contributed by atoms with van der Waals surface area (Å²) in [5.74, 6) is -1.41. The molecule has 116 valence electrons. The predicted molar refractivity (Wildman–Crippen MR) is 79.3 cm³/mol. The van der Waals surface area contributed by atoms with Crippen molar-refractivity contribution in [1.82, 2.24) is 20.3 Å². The number of aromatic nitrogens is 3. The number of aromatic carboxylic acids is 1. The molecule has 0 bridgehead atoms. The number of carboxylic acid groups (broad SMARTS) is 1. The first kappa shape index (κ1) is 15.7. The Hall–Kier alpha value is -2.70. The molecule has 7 nitrogen and oxygen atoms in total. The number of amides is 1. The highest BCUT2D eigenvalue weighted by Gasteiger charge is 2.15. The molecule has 7 heteroatoms. The second kappa shape index (κ2) is 6.84. The van der Waals surface area contributed by atoms with Gasteiger partial charge in [-0.05, 0) is 18.9 Å². The largest absolute Gasteiger partial charge is 0.476 e. The number of aryl methyl sites for hydroxylation is 1. The highest BCUT2D eigenvalue weighted by atomic mass is 16.4. The average molecular weight is 302 g/mol. The van der Waals surface area contributed by atoms with Crippen LogP contribution in [0.1, 0.15) is 41.0 Å². The molecular formula is C15H18N4O3. The smallest absolute Gasteiger partial charge is 0.358 e. The van der Waals surface area contributed by atoms with Gasteiger partial charge in [0.05, 0.1) is 12.2 Å². The average Bonchev–Trinajstić information content (AvgIpc) is 2.94.